The molecule has 6 rings (SSSR count). The lowest BCUT2D eigenvalue weighted by molar-refractivity contribution is -0.143. The Morgan fingerprint density at radius 1 is 0.778 bits per heavy atom. The van der Waals surface area contributed by atoms with E-state index in [0.717, 1.165) is 92.9 Å². The maximum Gasteiger partial charge on any atom is 0.321 e. The van der Waals surface area contributed by atoms with Crippen molar-refractivity contribution in [3.8, 4) is 0 Å². The number of ketones is 1. The highest BCUT2D eigenvalue weighted by molar-refractivity contribution is 6.24. The molecule has 5 heterocycles. The molecular formula is C54H76N4O5. The number of methoxy groups -OCH3 is 1. The van der Waals surface area contributed by atoms with Gasteiger partial charge in [-0.25, -0.2) is 0 Å². The van der Waals surface area contributed by atoms with Gasteiger partial charge < -0.3 is 29.7 Å². The van der Waals surface area contributed by atoms with E-state index in [9.17, 15) is 14.4 Å². The second kappa shape index (κ2) is 20.8. The number of ether oxygens (including phenoxy) is 2. The van der Waals surface area contributed by atoms with Crippen LogP contribution < -0.4 is 16.0 Å². The maximum atomic E-state index is 14.4. The summed E-state index contributed by atoms with van der Waals surface area (Å²) in [6.07, 6.45) is 21.3. The Bertz CT molecular complexity index is 2400. The Labute approximate surface area is 376 Å². The first kappa shape index (κ1) is 47.7. The van der Waals surface area contributed by atoms with Gasteiger partial charge in [0.1, 0.15) is 12.5 Å². The Kier molecular flexibility index (Phi) is 15.7. The van der Waals surface area contributed by atoms with Crippen LogP contribution in [0.25, 0.3) is 23.8 Å². The summed E-state index contributed by atoms with van der Waals surface area (Å²) in [6, 6.07) is 0. The summed E-state index contributed by atoms with van der Waals surface area (Å²) >= 11 is 0. The summed E-state index contributed by atoms with van der Waals surface area (Å²) in [6.45, 7) is 24.5. The molecule has 0 aromatic carbocycles. The van der Waals surface area contributed by atoms with Crippen molar-refractivity contribution >= 4 is 41.5 Å². The molecule has 8 bridgehead atoms. The molecule has 3 aromatic heterocycles. The third-order valence-corrected chi connectivity index (χ3v) is 14.6. The van der Waals surface area contributed by atoms with E-state index in [0.29, 0.717) is 23.3 Å². The van der Waals surface area contributed by atoms with Gasteiger partial charge in [0.25, 0.3) is 0 Å². The van der Waals surface area contributed by atoms with Crippen LogP contribution >= 0.6 is 0 Å². The molecule has 4 N–H and O–H groups in total. The van der Waals surface area contributed by atoms with E-state index in [1.807, 2.05) is 13.0 Å². The van der Waals surface area contributed by atoms with Crippen molar-refractivity contribution in [2.24, 2.45) is 35.5 Å². The highest BCUT2D eigenvalue weighted by Crippen LogP contribution is 2.48. The van der Waals surface area contributed by atoms with Crippen molar-refractivity contribution in [1.29, 1.82) is 0 Å². The SMILES string of the molecule is CCc1c(C)/c2[nH]/c1=C\c1[nH]c3c(c1C)C(=O)[C@H](C(=O)OC)/C3=C1/N/C(=C\c3[nH]c(c(C)c3C)\C=2)[C@@H](C)[C@@H]1CCC(=O)OC/C=C(\C)CCC[C@H](C)CCC[C@H](C)CCCC(C)C. The highest BCUT2D eigenvalue weighted by Gasteiger charge is 2.48. The van der Waals surface area contributed by atoms with Gasteiger partial charge in [-0.1, -0.05) is 92.1 Å². The minimum absolute atomic E-state index is 0.0616. The quantitative estimate of drug-likeness (QED) is 0.0540. The lowest BCUT2D eigenvalue weighted by Gasteiger charge is -2.19. The third-order valence-electron chi connectivity index (χ3n) is 14.6. The molecule has 5 atom stereocenters. The van der Waals surface area contributed by atoms with Crippen LogP contribution in [0.1, 0.15) is 180 Å². The Hall–Kier alpha value is -4.79. The molecule has 9 heteroatoms. The van der Waals surface area contributed by atoms with Crippen LogP contribution in [0.2, 0.25) is 0 Å². The van der Waals surface area contributed by atoms with E-state index >= 15 is 0 Å². The molecule has 0 spiro atoms. The largest absolute Gasteiger partial charge is 0.468 e. The van der Waals surface area contributed by atoms with Gasteiger partial charge in [0, 0.05) is 68.6 Å². The fourth-order valence-electron chi connectivity index (χ4n) is 10.3. The normalized spacial score (nSPS) is 22.2. The molecule has 63 heavy (non-hydrogen) atoms. The lowest BCUT2D eigenvalue weighted by atomic mass is 9.85. The summed E-state index contributed by atoms with van der Waals surface area (Å²) in [5.41, 5.74) is 13.0. The van der Waals surface area contributed by atoms with Gasteiger partial charge in [0.05, 0.1) is 12.8 Å². The van der Waals surface area contributed by atoms with Crippen LogP contribution in [0.15, 0.2) is 23.0 Å². The van der Waals surface area contributed by atoms with Gasteiger partial charge >= 0.3 is 11.9 Å². The van der Waals surface area contributed by atoms with Crippen molar-refractivity contribution in [1.82, 2.24) is 20.3 Å². The summed E-state index contributed by atoms with van der Waals surface area (Å²) < 4.78 is 11.1. The molecule has 0 amide bonds. The zero-order chi connectivity index (χ0) is 45.7. The standard InChI is InChI=1S/C54H76N4O5/c1-13-39-36(9)43-27-41-34(7)35(8)42(55-41)28-44-37(10)40(51(57-44)49-50(54(61)62-12)53(60)48-38(11)45(58-52(48)49)29-46(39)56-43)23-24-47(59)63-26-25-33(6)22-16-21-32(5)20-15-19-31(4)18-14-17-30(2)3/h25,27-32,37,40,50,55-58H,13-24,26H2,1-12H3/b33-25+,43-27-,44-28-,46-29-,51-49-/t31-,32-,37+,40+,50-/m1/s1. The van der Waals surface area contributed by atoms with Crippen LogP contribution in [-0.2, 0) is 25.5 Å². The maximum absolute atomic E-state index is 14.4. The molecule has 1 aliphatic carbocycles. The van der Waals surface area contributed by atoms with E-state index in [1.54, 1.807) is 0 Å². The van der Waals surface area contributed by atoms with Gasteiger partial charge in [-0.2, -0.15) is 0 Å². The number of Topliss-reactive ketones (excluding diaryl/α,β-unsaturated/α-hetero) is 1. The van der Waals surface area contributed by atoms with Gasteiger partial charge in [-0.05, 0) is 130 Å². The fourth-order valence-corrected chi connectivity index (χ4v) is 10.3. The molecule has 9 nitrogen and oxygen atoms in total. The third kappa shape index (κ3) is 10.6. The van der Waals surface area contributed by atoms with Crippen LogP contribution in [0.5, 0.6) is 0 Å². The number of carbonyl (C=O) groups excluding carboxylic acids is 3. The van der Waals surface area contributed by atoms with Crippen LogP contribution in [0, 0.1) is 63.2 Å². The molecule has 0 saturated carbocycles. The summed E-state index contributed by atoms with van der Waals surface area (Å²) in [4.78, 5) is 52.4. The predicted molar refractivity (Wildman–Crippen MR) is 256 cm³/mol. The zero-order valence-corrected chi connectivity index (χ0v) is 40.5. The summed E-state index contributed by atoms with van der Waals surface area (Å²) in [5.74, 6) is -0.177. The Morgan fingerprint density at radius 3 is 2.05 bits per heavy atom. The zero-order valence-electron chi connectivity index (χ0n) is 40.5. The first-order valence-electron chi connectivity index (χ1n) is 24.0. The second-order valence-corrected chi connectivity index (χ2v) is 19.7. The number of rotatable bonds is 19. The van der Waals surface area contributed by atoms with E-state index in [1.165, 1.54) is 68.8 Å². The van der Waals surface area contributed by atoms with Crippen LogP contribution in [0.4, 0.5) is 0 Å². The first-order valence-corrected chi connectivity index (χ1v) is 24.0. The molecule has 0 unspecified atom stereocenters. The number of nitrogens with one attached hydrogen (secondary N) is 4. The predicted octanol–water partition coefficient (Wildman–Crippen LogP) is 10.7. The number of H-pyrrole nitrogens is 3. The smallest absolute Gasteiger partial charge is 0.321 e. The molecule has 0 radical (unpaired) electrons. The fraction of sp³-hybridized carbons (Fsp3) is 0.574. The molecule has 3 aliphatic rings. The summed E-state index contributed by atoms with van der Waals surface area (Å²) in [7, 11) is 1.33. The average molecular weight is 861 g/mol. The number of carbonyl (C=O) groups is 3. The van der Waals surface area contributed by atoms with Gasteiger partial charge in [-0.3, -0.25) is 14.4 Å². The van der Waals surface area contributed by atoms with Crippen molar-refractivity contribution in [3.63, 3.8) is 0 Å². The van der Waals surface area contributed by atoms with E-state index in [2.05, 4.69) is 108 Å². The lowest BCUT2D eigenvalue weighted by Crippen LogP contribution is -2.25. The number of hydrogen-bond acceptors (Lipinski definition) is 6. The van der Waals surface area contributed by atoms with E-state index in [-0.39, 0.29) is 36.6 Å². The van der Waals surface area contributed by atoms with E-state index in [4.69, 9.17) is 9.47 Å². The molecule has 3 aromatic rings. The molecule has 2 aliphatic heterocycles. The number of esters is 2. The van der Waals surface area contributed by atoms with Crippen molar-refractivity contribution in [2.75, 3.05) is 13.7 Å². The number of aromatic amines is 3. The monoisotopic (exact) mass is 861 g/mol. The highest BCUT2D eigenvalue weighted by atomic mass is 16.5. The van der Waals surface area contributed by atoms with E-state index < -0.39 is 11.9 Å². The first-order chi connectivity index (χ1) is 30.0. The summed E-state index contributed by atoms with van der Waals surface area (Å²) in [5, 5.41) is 5.73. The topological polar surface area (TPSA) is 129 Å². The molecule has 342 valence electrons. The average Bonchev–Trinajstić information content (AvgIpc) is 3.97. The Balaban J connectivity index is 1.20. The van der Waals surface area contributed by atoms with Crippen molar-refractivity contribution in [2.45, 2.75) is 153 Å². The molecule has 1 fully saturated rings. The molecule has 1 saturated heterocycles. The van der Waals surface area contributed by atoms with Crippen LogP contribution in [0.3, 0.4) is 0 Å². The van der Waals surface area contributed by atoms with Crippen molar-refractivity contribution in [3.05, 3.63) is 89.9 Å². The Morgan fingerprint density at radius 2 is 1.40 bits per heavy atom. The van der Waals surface area contributed by atoms with Gasteiger partial charge in [0.15, 0.2) is 5.78 Å². The number of aromatic nitrogens is 3. The van der Waals surface area contributed by atoms with Crippen LogP contribution in [-0.4, -0.2) is 46.4 Å². The van der Waals surface area contributed by atoms with Gasteiger partial charge in [0.2, 0.25) is 0 Å². The number of allylic oxidation sites excluding steroid dienone is 3. The minimum Gasteiger partial charge on any atom is -0.468 e. The minimum atomic E-state index is -1.13. The van der Waals surface area contributed by atoms with Gasteiger partial charge in [-0.15, -0.1) is 0 Å². The molecular weight excluding hydrogens is 785 g/mol. The second-order valence-electron chi connectivity index (χ2n) is 19.7. The number of fused-ring (bicyclic) bond motifs is 7. The number of hydrogen-bond donors (Lipinski definition) is 4. The van der Waals surface area contributed by atoms with Crippen molar-refractivity contribution < 1.29 is 23.9 Å².